The van der Waals surface area contributed by atoms with Crippen molar-refractivity contribution < 1.29 is 9.53 Å². The zero-order valence-corrected chi connectivity index (χ0v) is 13.0. The van der Waals surface area contributed by atoms with Crippen molar-refractivity contribution in [2.24, 2.45) is 0 Å². The van der Waals surface area contributed by atoms with Crippen molar-refractivity contribution in [3.63, 3.8) is 0 Å². The maximum atomic E-state index is 12.0. The number of carbonyl (C=O) groups is 1. The standard InChI is InChI=1S/C15H17N3O2S/c1-4-20-14(19)12-9-16-15(21-3)18-13(12)17-11-7-5-10(2)6-8-11/h5-9H,4H2,1-3H3,(H,16,17,18). The fourth-order valence-corrected chi connectivity index (χ4v) is 2.03. The molecule has 1 N–H and O–H groups in total. The minimum absolute atomic E-state index is 0.313. The Bertz CT molecular complexity index is 629. The van der Waals surface area contributed by atoms with Crippen LogP contribution in [0.2, 0.25) is 0 Å². The number of benzene rings is 1. The van der Waals surface area contributed by atoms with Crippen LogP contribution >= 0.6 is 11.8 Å². The van der Waals surface area contributed by atoms with Gasteiger partial charge in [-0.15, -0.1) is 0 Å². The third-order valence-electron chi connectivity index (χ3n) is 2.76. The Kier molecular flexibility index (Phi) is 5.16. The van der Waals surface area contributed by atoms with E-state index >= 15 is 0 Å². The van der Waals surface area contributed by atoms with Gasteiger partial charge in [0, 0.05) is 11.9 Å². The van der Waals surface area contributed by atoms with Gasteiger partial charge >= 0.3 is 5.97 Å². The van der Waals surface area contributed by atoms with Gasteiger partial charge in [0.05, 0.1) is 6.61 Å². The first-order chi connectivity index (χ1) is 10.1. The summed E-state index contributed by atoms with van der Waals surface area (Å²) in [5.41, 5.74) is 2.35. The molecule has 0 bridgehead atoms. The van der Waals surface area contributed by atoms with Crippen LogP contribution in [0.5, 0.6) is 0 Å². The van der Waals surface area contributed by atoms with Crippen molar-refractivity contribution in [1.29, 1.82) is 0 Å². The summed E-state index contributed by atoms with van der Waals surface area (Å²) < 4.78 is 5.03. The number of anilines is 2. The normalized spacial score (nSPS) is 10.2. The van der Waals surface area contributed by atoms with Gasteiger partial charge in [-0.1, -0.05) is 29.5 Å². The SMILES string of the molecule is CCOC(=O)c1cnc(SC)nc1Nc1ccc(C)cc1. The first-order valence-corrected chi connectivity index (χ1v) is 7.78. The molecule has 21 heavy (non-hydrogen) atoms. The van der Waals surface area contributed by atoms with Crippen LogP contribution in [0.25, 0.3) is 0 Å². The van der Waals surface area contributed by atoms with E-state index < -0.39 is 5.97 Å². The topological polar surface area (TPSA) is 64.1 Å². The molecule has 0 aliphatic carbocycles. The number of aryl methyl sites for hydroxylation is 1. The lowest BCUT2D eigenvalue weighted by atomic mass is 10.2. The van der Waals surface area contributed by atoms with E-state index in [1.807, 2.05) is 37.4 Å². The highest BCUT2D eigenvalue weighted by atomic mass is 32.2. The van der Waals surface area contributed by atoms with Crippen molar-refractivity contribution in [3.8, 4) is 0 Å². The monoisotopic (exact) mass is 303 g/mol. The van der Waals surface area contributed by atoms with E-state index in [9.17, 15) is 4.79 Å². The number of esters is 1. The van der Waals surface area contributed by atoms with Gasteiger partial charge in [0.25, 0.3) is 0 Å². The molecule has 0 amide bonds. The van der Waals surface area contributed by atoms with E-state index in [1.165, 1.54) is 23.5 Å². The quantitative estimate of drug-likeness (QED) is 0.518. The van der Waals surface area contributed by atoms with Gasteiger partial charge in [0.2, 0.25) is 0 Å². The average Bonchev–Trinajstić information content (AvgIpc) is 2.49. The van der Waals surface area contributed by atoms with Crippen LogP contribution in [0.15, 0.2) is 35.6 Å². The van der Waals surface area contributed by atoms with E-state index in [2.05, 4.69) is 15.3 Å². The van der Waals surface area contributed by atoms with Crippen molar-refractivity contribution in [2.75, 3.05) is 18.2 Å². The highest BCUT2D eigenvalue weighted by Gasteiger charge is 2.16. The second-order valence-corrected chi connectivity index (χ2v) is 5.10. The van der Waals surface area contributed by atoms with Gasteiger partial charge in [-0.05, 0) is 32.2 Å². The maximum Gasteiger partial charge on any atom is 0.343 e. The summed E-state index contributed by atoms with van der Waals surface area (Å²) in [4.78, 5) is 20.4. The van der Waals surface area contributed by atoms with Gasteiger partial charge in [-0.25, -0.2) is 14.8 Å². The molecular formula is C15H17N3O2S. The summed E-state index contributed by atoms with van der Waals surface area (Å²) in [7, 11) is 0. The molecule has 5 nitrogen and oxygen atoms in total. The Morgan fingerprint density at radius 3 is 2.67 bits per heavy atom. The molecule has 0 aliphatic heterocycles. The van der Waals surface area contributed by atoms with E-state index in [-0.39, 0.29) is 0 Å². The second kappa shape index (κ2) is 7.08. The van der Waals surface area contributed by atoms with E-state index in [0.717, 1.165) is 5.69 Å². The first kappa shape index (κ1) is 15.3. The molecule has 1 aromatic carbocycles. The van der Waals surface area contributed by atoms with Crippen molar-refractivity contribution in [1.82, 2.24) is 9.97 Å². The summed E-state index contributed by atoms with van der Waals surface area (Å²) in [6.07, 6.45) is 3.38. The Labute approximate surface area is 128 Å². The summed E-state index contributed by atoms with van der Waals surface area (Å²) >= 11 is 1.42. The van der Waals surface area contributed by atoms with Crippen LogP contribution in [0, 0.1) is 6.92 Å². The third kappa shape index (κ3) is 3.95. The summed E-state index contributed by atoms with van der Waals surface area (Å²) in [6.45, 7) is 4.10. The summed E-state index contributed by atoms with van der Waals surface area (Å²) in [5.74, 6) is 0.0245. The van der Waals surface area contributed by atoms with Crippen LogP contribution in [-0.4, -0.2) is 28.8 Å². The van der Waals surface area contributed by atoms with Crippen molar-refractivity contribution >= 4 is 29.2 Å². The molecule has 0 saturated carbocycles. The molecule has 0 fully saturated rings. The first-order valence-electron chi connectivity index (χ1n) is 6.56. The number of hydrogen-bond donors (Lipinski definition) is 1. The molecule has 0 atom stereocenters. The molecule has 0 radical (unpaired) electrons. The molecule has 1 heterocycles. The van der Waals surface area contributed by atoms with Gasteiger partial charge in [-0.2, -0.15) is 0 Å². The van der Waals surface area contributed by atoms with Gasteiger partial charge in [-0.3, -0.25) is 0 Å². The lowest BCUT2D eigenvalue weighted by Gasteiger charge is -2.11. The Morgan fingerprint density at radius 1 is 1.33 bits per heavy atom. The molecule has 110 valence electrons. The molecule has 6 heteroatoms. The molecule has 0 spiro atoms. The molecule has 0 saturated heterocycles. The van der Waals surface area contributed by atoms with Crippen molar-refractivity contribution in [2.45, 2.75) is 19.0 Å². The lowest BCUT2D eigenvalue weighted by molar-refractivity contribution is 0.0526. The van der Waals surface area contributed by atoms with Crippen molar-refractivity contribution in [3.05, 3.63) is 41.6 Å². The van der Waals surface area contributed by atoms with Crippen LogP contribution in [0.1, 0.15) is 22.8 Å². The molecular weight excluding hydrogens is 286 g/mol. The van der Waals surface area contributed by atoms with Gasteiger partial charge in [0.15, 0.2) is 5.16 Å². The number of nitrogens with one attached hydrogen (secondary N) is 1. The molecule has 2 rings (SSSR count). The van der Waals surface area contributed by atoms with Gasteiger partial charge < -0.3 is 10.1 Å². The zero-order valence-electron chi connectivity index (χ0n) is 12.2. The minimum Gasteiger partial charge on any atom is -0.462 e. The molecule has 1 aromatic heterocycles. The summed E-state index contributed by atoms with van der Waals surface area (Å²) in [5, 5.41) is 3.74. The number of rotatable bonds is 5. The van der Waals surface area contributed by atoms with Crippen LogP contribution in [0.4, 0.5) is 11.5 Å². The lowest BCUT2D eigenvalue weighted by Crippen LogP contribution is -2.10. The fourth-order valence-electron chi connectivity index (χ4n) is 1.69. The van der Waals surface area contributed by atoms with Crippen LogP contribution in [0.3, 0.4) is 0 Å². The number of thioether (sulfide) groups is 1. The largest absolute Gasteiger partial charge is 0.462 e. The van der Waals surface area contributed by atoms with E-state index in [4.69, 9.17) is 4.74 Å². The zero-order chi connectivity index (χ0) is 15.2. The predicted molar refractivity (Wildman–Crippen MR) is 84.2 cm³/mol. The maximum absolute atomic E-state index is 12.0. The Balaban J connectivity index is 2.34. The number of carbonyl (C=O) groups excluding carboxylic acids is 1. The number of ether oxygens (including phenoxy) is 1. The summed E-state index contributed by atoms with van der Waals surface area (Å²) in [6, 6.07) is 7.85. The minimum atomic E-state index is -0.431. The third-order valence-corrected chi connectivity index (χ3v) is 3.32. The van der Waals surface area contributed by atoms with E-state index in [0.29, 0.717) is 23.1 Å². The Morgan fingerprint density at radius 2 is 2.05 bits per heavy atom. The van der Waals surface area contributed by atoms with Crippen LogP contribution in [-0.2, 0) is 4.74 Å². The molecule has 0 aliphatic rings. The van der Waals surface area contributed by atoms with Crippen LogP contribution < -0.4 is 5.32 Å². The second-order valence-electron chi connectivity index (χ2n) is 4.33. The molecule has 0 unspecified atom stereocenters. The van der Waals surface area contributed by atoms with E-state index in [1.54, 1.807) is 6.92 Å². The van der Waals surface area contributed by atoms with Gasteiger partial charge in [0.1, 0.15) is 11.4 Å². The number of hydrogen-bond acceptors (Lipinski definition) is 6. The highest BCUT2D eigenvalue weighted by molar-refractivity contribution is 7.98. The Hall–Kier alpha value is -2.08. The number of aromatic nitrogens is 2. The fraction of sp³-hybridized carbons (Fsp3) is 0.267. The average molecular weight is 303 g/mol. The predicted octanol–water partition coefficient (Wildman–Crippen LogP) is 3.43. The number of nitrogens with zero attached hydrogens (tertiary/aromatic N) is 2. The highest BCUT2D eigenvalue weighted by Crippen LogP contribution is 2.22. The molecule has 2 aromatic rings. The smallest absolute Gasteiger partial charge is 0.343 e.